The summed E-state index contributed by atoms with van der Waals surface area (Å²) in [5.41, 5.74) is -0.305. The van der Waals surface area contributed by atoms with E-state index in [1.807, 2.05) is 6.92 Å². The minimum atomic E-state index is -4.32. The van der Waals surface area contributed by atoms with E-state index in [1.165, 1.54) is 12.1 Å². The molecule has 0 aliphatic heterocycles. The highest BCUT2D eigenvalue weighted by atomic mass is 19.4. The van der Waals surface area contributed by atoms with Crippen LogP contribution in [0.4, 0.5) is 13.2 Å². The first-order valence-electron chi connectivity index (χ1n) is 7.23. The van der Waals surface area contributed by atoms with Gasteiger partial charge in [0.15, 0.2) is 0 Å². The molecule has 2 nitrogen and oxygen atoms in total. The van der Waals surface area contributed by atoms with E-state index in [0.717, 1.165) is 37.0 Å². The Morgan fingerprint density at radius 2 is 1.90 bits per heavy atom. The molecule has 21 heavy (non-hydrogen) atoms. The van der Waals surface area contributed by atoms with Crippen molar-refractivity contribution in [1.82, 2.24) is 0 Å². The molecule has 0 radical (unpaired) electrons. The van der Waals surface area contributed by atoms with Crippen molar-refractivity contribution in [3.8, 4) is 0 Å². The summed E-state index contributed by atoms with van der Waals surface area (Å²) in [6, 6.07) is 5.19. The van der Waals surface area contributed by atoms with Crippen LogP contribution in [0.25, 0.3) is 0 Å². The highest BCUT2D eigenvalue weighted by Gasteiger charge is 2.70. The molecule has 1 aromatic rings. The summed E-state index contributed by atoms with van der Waals surface area (Å²) in [6.07, 6.45) is -1.93. The molecule has 5 heteroatoms. The Morgan fingerprint density at radius 3 is 2.33 bits per heavy atom. The number of rotatable bonds is 4. The van der Waals surface area contributed by atoms with Gasteiger partial charge in [-0.2, -0.15) is 13.2 Å². The highest BCUT2D eigenvalue weighted by Crippen LogP contribution is 2.73. The highest BCUT2D eigenvalue weighted by molar-refractivity contribution is 5.82. The minimum Gasteiger partial charge on any atom is -0.465 e. The first-order valence-corrected chi connectivity index (χ1v) is 7.23. The van der Waals surface area contributed by atoms with E-state index >= 15 is 0 Å². The van der Waals surface area contributed by atoms with Gasteiger partial charge in [0.2, 0.25) is 0 Å². The van der Waals surface area contributed by atoms with Crippen molar-refractivity contribution in [2.24, 2.45) is 11.3 Å². The zero-order valence-corrected chi connectivity index (χ0v) is 11.7. The van der Waals surface area contributed by atoms with E-state index in [0.29, 0.717) is 12.5 Å². The maximum atomic E-state index is 12.6. The normalized spacial score (nSPS) is 30.3. The summed E-state index contributed by atoms with van der Waals surface area (Å²) >= 11 is 0. The van der Waals surface area contributed by atoms with Crippen LogP contribution < -0.4 is 0 Å². The zero-order chi connectivity index (χ0) is 15.3. The molecule has 114 valence electrons. The fourth-order valence-corrected chi connectivity index (χ4v) is 3.60. The van der Waals surface area contributed by atoms with Crippen LogP contribution in [0, 0.1) is 11.3 Å². The Balaban J connectivity index is 1.75. The van der Waals surface area contributed by atoms with Gasteiger partial charge < -0.3 is 4.74 Å². The van der Waals surface area contributed by atoms with Crippen LogP contribution in [0.1, 0.15) is 43.2 Å². The van der Waals surface area contributed by atoms with Gasteiger partial charge in [0.25, 0.3) is 0 Å². The minimum absolute atomic E-state index is 0.0316. The lowest BCUT2D eigenvalue weighted by Crippen LogP contribution is -2.64. The van der Waals surface area contributed by atoms with Crippen molar-refractivity contribution < 1.29 is 22.7 Å². The molecular formula is C16H17F3O2. The quantitative estimate of drug-likeness (QED) is 0.780. The van der Waals surface area contributed by atoms with Gasteiger partial charge in [0, 0.05) is 5.92 Å². The Labute approximate surface area is 121 Å². The van der Waals surface area contributed by atoms with Crippen molar-refractivity contribution >= 4 is 5.97 Å². The van der Waals surface area contributed by atoms with Gasteiger partial charge in [-0.05, 0) is 42.9 Å². The fourth-order valence-electron chi connectivity index (χ4n) is 3.60. The van der Waals surface area contributed by atoms with Crippen LogP contribution >= 0.6 is 0 Å². The van der Waals surface area contributed by atoms with Crippen molar-refractivity contribution in [3.63, 3.8) is 0 Å². The lowest BCUT2D eigenvalue weighted by atomic mass is 9.36. The third kappa shape index (κ3) is 2.14. The Kier molecular flexibility index (Phi) is 3.26. The van der Waals surface area contributed by atoms with E-state index in [4.69, 9.17) is 4.74 Å². The lowest BCUT2D eigenvalue weighted by molar-refractivity contribution is -0.201. The Bertz CT molecular complexity index is 542. The van der Waals surface area contributed by atoms with Gasteiger partial charge in [0.05, 0.1) is 17.6 Å². The summed E-state index contributed by atoms with van der Waals surface area (Å²) in [6.45, 7) is 2.34. The summed E-state index contributed by atoms with van der Waals surface area (Å²) < 4.78 is 43.0. The molecule has 3 aliphatic rings. The van der Waals surface area contributed by atoms with Gasteiger partial charge >= 0.3 is 12.1 Å². The molecule has 4 rings (SSSR count). The molecule has 1 unspecified atom stereocenters. The largest absolute Gasteiger partial charge is 0.465 e. The van der Waals surface area contributed by atoms with E-state index in [2.05, 4.69) is 0 Å². The predicted molar refractivity (Wildman–Crippen MR) is 70.6 cm³/mol. The third-order valence-corrected chi connectivity index (χ3v) is 4.76. The summed E-state index contributed by atoms with van der Waals surface area (Å²) in [7, 11) is 0. The first-order chi connectivity index (χ1) is 9.88. The molecule has 0 N–H and O–H groups in total. The second kappa shape index (κ2) is 4.75. The number of ether oxygens (including phenoxy) is 1. The molecule has 0 saturated heterocycles. The van der Waals surface area contributed by atoms with Crippen LogP contribution in [0.15, 0.2) is 24.3 Å². The number of carbonyl (C=O) groups excluding carboxylic acids is 1. The van der Waals surface area contributed by atoms with Crippen LogP contribution in [0.3, 0.4) is 0 Å². The average Bonchev–Trinajstić information content (AvgIpc) is 2.33. The van der Waals surface area contributed by atoms with Crippen molar-refractivity contribution in [3.05, 3.63) is 35.4 Å². The molecule has 3 saturated carbocycles. The molecule has 1 aromatic carbocycles. The molecule has 1 atom stereocenters. The molecule has 0 heterocycles. The number of hydrogen-bond donors (Lipinski definition) is 0. The topological polar surface area (TPSA) is 26.3 Å². The van der Waals surface area contributed by atoms with E-state index in [9.17, 15) is 18.0 Å². The average molecular weight is 298 g/mol. The van der Waals surface area contributed by atoms with Crippen LogP contribution in [0.2, 0.25) is 0 Å². The Hall–Kier alpha value is -1.52. The number of carbonyl (C=O) groups is 1. The second-order valence-electron chi connectivity index (χ2n) is 6.06. The first kappa shape index (κ1) is 14.4. The SMILES string of the molecule is CCCOC(=O)C12CC(C1)C2c1ccc(C(F)(F)F)cc1. The standard InChI is InChI=1S/C16H17F3O2/c1-2-7-21-14(20)15-8-11(9-15)13(15)10-3-5-12(6-4-10)16(17,18)19/h3-6,11,13H,2,7-9H2,1H3. The van der Waals surface area contributed by atoms with Gasteiger partial charge in [-0.3, -0.25) is 4.79 Å². The summed E-state index contributed by atoms with van der Waals surface area (Å²) in [5, 5.41) is 0. The maximum absolute atomic E-state index is 12.6. The lowest BCUT2D eigenvalue weighted by Gasteiger charge is -2.66. The summed E-state index contributed by atoms with van der Waals surface area (Å²) in [4.78, 5) is 12.2. The van der Waals surface area contributed by atoms with Crippen molar-refractivity contribution in [2.75, 3.05) is 6.61 Å². The van der Waals surface area contributed by atoms with Crippen molar-refractivity contribution in [2.45, 2.75) is 38.3 Å². The van der Waals surface area contributed by atoms with E-state index in [-0.39, 0.29) is 11.9 Å². The second-order valence-corrected chi connectivity index (χ2v) is 6.06. The molecular weight excluding hydrogens is 281 g/mol. The van der Waals surface area contributed by atoms with Gasteiger partial charge in [-0.25, -0.2) is 0 Å². The van der Waals surface area contributed by atoms with Gasteiger partial charge in [0.1, 0.15) is 0 Å². The molecule has 0 aromatic heterocycles. The third-order valence-electron chi connectivity index (χ3n) is 4.76. The molecule has 3 fully saturated rings. The zero-order valence-electron chi connectivity index (χ0n) is 11.7. The smallest absolute Gasteiger partial charge is 0.416 e. The van der Waals surface area contributed by atoms with Crippen LogP contribution in [-0.2, 0) is 15.7 Å². The maximum Gasteiger partial charge on any atom is 0.416 e. The number of benzene rings is 1. The van der Waals surface area contributed by atoms with Crippen molar-refractivity contribution in [1.29, 1.82) is 0 Å². The monoisotopic (exact) mass is 298 g/mol. The molecule has 2 bridgehead atoms. The van der Waals surface area contributed by atoms with E-state index in [1.54, 1.807) is 0 Å². The van der Waals surface area contributed by atoms with Gasteiger partial charge in [-0.15, -0.1) is 0 Å². The van der Waals surface area contributed by atoms with Gasteiger partial charge in [-0.1, -0.05) is 19.1 Å². The Morgan fingerprint density at radius 1 is 1.29 bits per heavy atom. The van der Waals surface area contributed by atoms with E-state index < -0.39 is 17.2 Å². The number of halogens is 3. The molecule has 3 aliphatic carbocycles. The number of hydrogen-bond acceptors (Lipinski definition) is 2. The fraction of sp³-hybridized carbons (Fsp3) is 0.562. The molecule has 0 amide bonds. The predicted octanol–water partition coefficient (Wildman–Crippen LogP) is 4.15. The van der Waals surface area contributed by atoms with Crippen LogP contribution in [-0.4, -0.2) is 12.6 Å². The molecule has 0 spiro atoms. The number of alkyl halides is 3. The van der Waals surface area contributed by atoms with Crippen LogP contribution in [0.5, 0.6) is 0 Å². The number of esters is 1. The summed E-state index contributed by atoms with van der Waals surface area (Å²) in [5.74, 6) is 0.261.